The SMILES string of the molecule is CCCCC(CC)Cc1cc(C=O)sc1-c1cc2c(s1)-c1sc(-c3sc(C=O)cc3CC(CC)CCCC)cc1C2(CC(CC)CCCC)CC(CC)CCCC. The maximum absolute atomic E-state index is 12.3. The molecule has 0 fully saturated rings. The number of hydrogen-bond acceptors (Lipinski definition) is 6. The van der Waals surface area contributed by atoms with E-state index in [2.05, 4.69) is 79.7 Å². The highest BCUT2D eigenvalue weighted by atomic mass is 32.1. The summed E-state index contributed by atoms with van der Waals surface area (Å²) in [4.78, 5) is 34.8. The summed E-state index contributed by atoms with van der Waals surface area (Å²) in [5.41, 5.74) is 5.88. The van der Waals surface area contributed by atoms with Gasteiger partial charge < -0.3 is 0 Å². The van der Waals surface area contributed by atoms with Gasteiger partial charge >= 0.3 is 0 Å². The zero-order valence-corrected chi connectivity index (χ0v) is 40.1. The third-order valence-electron chi connectivity index (χ3n) is 13.5. The number of carbonyl (C=O) groups is 2. The molecule has 4 heterocycles. The Balaban J connectivity index is 1.72. The Morgan fingerprint density at radius 3 is 1.14 bits per heavy atom. The van der Waals surface area contributed by atoms with E-state index in [-0.39, 0.29) is 5.41 Å². The number of rotatable bonds is 28. The number of fused-ring (bicyclic) bond motifs is 3. The van der Waals surface area contributed by atoms with Gasteiger partial charge in [0.05, 0.1) is 9.75 Å². The van der Waals surface area contributed by atoms with Gasteiger partial charge in [-0.2, -0.15) is 0 Å². The summed E-state index contributed by atoms with van der Waals surface area (Å²) in [6.07, 6.45) is 26.6. The van der Waals surface area contributed by atoms with Gasteiger partial charge in [-0.15, -0.1) is 45.3 Å². The van der Waals surface area contributed by atoms with E-state index >= 15 is 0 Å². The molecule has 0 aliphatic heterocycles. The molecule has 314 valence electrons. The minimum Gasteiger partial charge on any atom is -0.297 e. The number of aldehydes is 2. The van der Waals surface area contributed by atoms with Crippen LogP contribution in [-0.2, 0) is 18.3 Å². The molecular weight excluding hydrogens is 773 g/mol. The van der Waals surface area contributed by atoms with Crippen LogP contribution in [-0.4, -0.2) is 12.6 Å². The first-order valence-electron chi connectivity index (χ1n) is 23.2. The lowest BCUT2D eigenvalue weighted by molar-refractivity contribution is 0.111. The lowest BCUT2D eigenvalue weighted by atomic mass is 9.65. The fraction of sp³-hybridized carbons (Fsp3) is 0.647. The third-order valence-corrected chi connectivity index (χ3v) is 18.5. The van der Waals surface area contributed by atoms with Crippen LogP contribution < -0.4 is 0 Å². The largest absolute Gasteiger partial charge is 0.297 e. The summed E-state index contributed by atoms with van der Waals surface area (Å²) < 4.78 is 0. The average molecular weight is 847 g/mol. The first-order chi connectivity index (χ1) is 27.8. The first kappa shape index (κ1) is 46.2. The smallest absolute Gasteiger partial charge is 0.160 e. The summed E-state index contributed by atoms with van der Waals surface area (Å²) in [6.45, 7) is 18.8. The fourth-order valence-electron chi connectivity index (χ4n) is 9.84. The molecule has 0 amide bonds. The van der Waals surface area contributed by atoms with Gasteiger partial charge in [-0.05, 0) is 95.9 Å². The number of hydrogen-bond donors (Lipinski definition) is 0. The average Bonchev–Trinajstić information content (AvgIpc) is 4.06. The van der Waals surface area contributed by atoms with E-state index in [1.807, 2.05) is 22.7 Å². The molecule has 4 aromatic rings. The van der Waals surface area contributed by atoms with Crippen molar-refractivity contribution in [3.8, 4) is 29.3 Å². The summed E-state index contributed by atoms with van der Waals surface area (Å²) in [7, 11) is 0. The maximum Gasteiger partial charge on any atom is 0.160 e. The van der Waals surface area contributed by atoms with Crippen LogP contribution in [0.1, 0.15) is 213 Å². The van der Waals surface area contributed by atoms with Crippen molar-refractivity contribution in [3.63, 3.8) is 0 Å². The van der Waals surface area contributed by atoms with E-state index in [0.717, 1.165) is 35.2 Å². The van der Waals surface area contributed by atoms with Crippen LogP contribution in [0.15, 0.2) is 24.3 Å². The first-order valence-corrected chi connectivity index (χ1v) is 26.5. The quantitative estimate of drug-likeness (QED) is 0.0534. The second-order valence-corrected chi connectivity index (χ2v) is 21.8. The van der Waals surface area contributed by atoms with Gasteiger partial charge in [-0.1, -0.05) is 158 Å². The minimum absolute atomic E-state index is 0.0347. The maximum atomic E-state index is 12.3. The van der Waals surface area contributed by atoms with E-state index in [0.29, 0.717) is 23.7 Å². The zero-order chi connectivity index (χ0) is 41.0. The summed E-state index contributed by atoms with van der Waals surface area (Å²) >= 11 is 7.47. The van der Waals surface area contributed by atoms with Crippen molar-refractivity contribution in [2.75, 3.05) is 0 Å². The molecule has 0 bridgehead atoms. The highest BCUT2D eigenvalue weighted by Crippen LogP contribution is 2.63. The molecule has 0 saturated carbocycles. The predicted octanol–water partition coefficient (Wildman–Crippen LogP) is 17.9. The summed E-state index contributed by atoms with van der Waals surface area (Å²) in [6, 6.07) is 9.69. The van der Waals surface area contributed by atoms with Gasteiger partial charge in [0.1, 0.15) is 0 Å². The lowest BCUT2D eigenvalue weighted by Crippen LogP contribution is -2.31. The molecule has 6 heteroatoms. The molecule has 0 spiro atoms. The van der Waals surface area contributed by atoms with Gasteiger partial charge in [0, 0.05) is 34.7 Å². The monoisotopic (exact) mass is 846 g/mol. The topological polar surface area (TPSA) is 34.1 Å². The lowest BCUT2D eigenvalue weighted by Gasteiger charge is -2.37. The normalized spacial score (nSPS) is 17.1. The van der Waals surface area contributed by atoms with Gasteiger partial charge in [0.15, 0.2) is 12.6 Å². The molecular formula is C51H74O2S4. The van der Waals surface area contributed by atoms with Crippen LogP contribution in [0.5, 0.6) is 0 Å². The van der Waals surface area contributed by atoms with Gasteiger partial charge in [0.25, 0.3) is 0 Å². The number of carbonyl (C=O) groups excluding carboxylic acids is 2. The number of thiophene rings is 4. The molecule has 0 aromatic carbocycles. The van der Waals surface area contributed by atoms with Crippen molar-refractivity contribution >= 4 is 57.9 Å². The van der Waals surface area contributed by atoms with Crippen LogP contribution >= 0.6 is 45.3 Å². The van der Waals surface area contributed by atoms with Crippen molar-refractivity contribution in [2.24, 2.45) is 23.7 Å². The summed E-state index contributed by atoms with van der Waals surface area (Å²) in [5.74, 6) is 2.64. The van der Waals surface area contributed by atoms with E-state index in [9.17, 15) is 9.59 Å². The molecule has 0 saturated heterocycles. The highest BCUT2D eigenvalue weighted by molar-refractivity contribution is 7.29. The Bertz CT molecular complexity index is 1700. The molecule has 4 unspecified atom stereocenters. The van der Waals surface area contributed by atoms with Crippen LogP contribution in [0.3, 0.4) is 0 Å². The van der Waals surface area contributed by atoms with E-state index < -0.39 is 0 Å². The summed E-state index contributed by atoms with van der Waals surface area (Å²) in [5, 5.41) is 0. The predicted molar refractivity (Wildman–Crippen MR) is 256 cm³/mol. The molecule has 57 heavy (non-hydrogen) atoms. The molecule has 5 rings (SSSR count). The van der Waals surface area contributed by atoms with Crippen molar-refractivity contribution in [1.29, 1.82) is 0 Å². The van der Waals surface area contributed by atoms with Crippen LogP contribution in [0.4, 0.5) is 0 Å². The van der Waals surface area contributed by atoms with Gasteiger partial charge in [-0.3, -0.25) is 9.59 Å². The Morgan fingerprint density at radius 2 is 0.825 bits per heavy atom. The molecule has 2 nitrogen and oxygen atoms in total. The van der Waals surface area contributed by atoms with Crippen molar-refractivity contribution in [2.45, 2.75) is 189 Å². The van der Waals surface area contributed by atoms with E-state index in [1.54, 1.807) is 33.8 Å². The van der Waals surface area contributed by atoms with Crippen LogP contribution in [0, 0.1) is 23.7 Å². The van der Waals surface area contributed by atoms with Crippen molar-refractivity contribution in [1.82, 2.24) is 0 Å². The molecule has 0 radical (unpaired) electrons. The Morgan fingerprint density at radius 1 is 0.474 bits per heavy atom. The molecule has 1 aliphatic carbocycles. The minimum atomic E-state index is -0.0347. The van der Waals surface area contributed by atoms with Crippen LogP contribution in [0.2, 0.25) is 0 Å². The molecule has 4 atom stereocenters. The fourth-order valence-corrected chi connectivity index (χ4v) is 14.8. The van der Waals surface area contributed by atoms with Crippen molar-refractivity contribution in [3.05, 3.63) is 56.3 Å². The second kappa shape index (κ2) is 22.7. The second-order valence-electron chi connectivity index (χ2n) is 17.5. The zero-order valence-electron chi connectivity index (χ0n) is 36.9. The van der Waals surface area contributed by atoms with Gasteiger partial charge in [0.2, 0.25) is 0 Å². The Kier molecular flexibility index (Phi) is 18.4. The standard InChI is InChI=1S/C51H74O2S4/c1-9-17-21-35(13-5)25-39-27-41(33-52)54-47(39)45-29-43-49(56-45)50-44(51(43,31-37(15-7)23-19-11-3)32-38(16-8)24-20-12-4)30-46(57-50)48-40(28-42(34-53)55-48)26-36(14-6)22-18-10-2/h27-30,33-38H,9-26,31-32H2,1-8H3. The van der Waals surface area contributed by atoms with Crippen molar-refractivity contribution < 1.29 is 9.59 Å². The third kappa shape index (κ3) is 10.9. The Hall–Kier alpha value is -1.86. The highest BCUT2D eigenvalue weighted by Gasteiger charge is 2.48. The van der Waals surface area contributed by atoms with Gasteiger partial charge in [-0.25, -0.2) is 0 Å². The Labute approximate surface area is 363 Å². The van der Waals surface area contributed by atoms with E-state index in [1.165, 1.54) is 156 Å². The molecule has 0 N–H and O–H groups in total. The number of unbranched alkanes of at least 4 members (excludes halogenated alkanes) is 4. The molecule has 1 aliphatic rings. The molecule has 4 aromatic heterocycles. The van der Waals surface area contributed by atoms with E-state index in [4.69, 9.17) is 0 Å². The van der Waals surface area contributed by atoms with Crippen LogP contribution in [0.25, 0.3) is 29.3 Å².